The van der Waals surface area contributed by atoms with Crippen LogP contribution in [0.2, 0.25) is 0 Å². The molecule has 130 valence electrons. The average molecular weight is 405 g/mol. The van der Waals surface area contributed by atoms with E-state index in [0.717, 1.165) is 15.6 Å². The minimum atomic E-state index is -0.716. The van der Waals surface area contributed by atoms with Gasteiger partial charge < -0.3 is 10.1 Å². The van der Waals surface area contributed by atoms with Gasteiger partial charge in [0.1, 0.15) is 0 Å². The monoisotopic (exact) mass is 404 g/mol. The first-order valence-electron chi connectivity index (χ1n) is 7.46. The Bertz CT molecular complexity index is 803. The van der Waals surface area contributed by atoms with Gasteiger partial charge in [0.05, 0.1) is 5.56 Å². The van der Waals surface area contributed by atoms with Crippen LogP contribution in [0.15, 0.2) is 46.9 Å². The quantitative estimate of drug-likeness (QED) is 0.762. The number of anilines is 1. The third-order valence-electron chi connectivity index (χ3n) is 3.43. The summed E-state index contributed by atoms with van der Waals surface area (Å²) in [6, 6.07) is 11.2. The van der Waals surface area contributed by atoms with Crippen LogP contribution in [-0.2, 0) is 9.53 Å². The molecule has 0 unspecified atom stereocenters. The van der Waals surface area contributed by atoms with E-state index in [1.54, 1.807) is 36.4 Å². The number of carbonyl (C=O) groups is 3. The number of carbonyl (C=O) groups excluding carboxylic acids is 3. The minimum Gasteiger partial charge on any atom is -0.452 e. The van der Waals surface area contributed by atoms with E-state index in [2.05, 4.69) is 26.6 Å². The molecule has 0 saturated carbocycles. The molecule has 0 aromatic heterocycles. The number of nitrogens with one attached hydrogen (secondary N) is 2. The van der Waals surface area contributed by atoms with Crippen molar-refractivity contribution in [3.05, 3.63) is 63.6 Å². The molecular weight excluding hydrogens is 388 g/mol. The van der Waals surface area contributed by atoms with Crippen LogP contribution in [0.3, 0.4) is 0 Å². The van der Waals surface area contributed by atoms with Gasteiger partial charge in [-0.15, -0.1) is 0 Å². The van der Waals surface area contributed by atoms with Gasteiger partial charge in [-0.25, -0.2) is 9.59 Å². The lowest BCUT2D eigenvalue weighted by Crippen LogP contribution is -2.37. The van der Waals surface area contributed by atoms with Crippen molar-refractivity contribution < 1.29 is 19.1 Å². The zero-order valence-corrected chi connectivity index (χ0v) is 15.3. The number of rotatable bonds is 4. The fraction of sp³-hybridized carbons (Fsp3) is 0.167. The first-order chi connectivity index (χ1) is 11.8. The average Bonchev–Trinajstić information content (AvgIpc) is 2.56. The fourth-order valence-electron chi connectivity index (χ4n) is 1.94. The van der Waals surface area contributed by atoms with Crippen LogP contribution in [0.1, 0.15) is 21.5 Å². The van der Waals surface area contributed by atoms with Crippen LogP contribution in [0.5, 0.6) is 0 Å². The summed E-state index contributed by atoms with van der Waals surface area (Å²) in [4.78, 5) is 35.3. The number of ether oxygens (including phenoxy) is 1. The number of hydrogen-bond donors (Lipinski definition) is 2. The van der Waals surface area contributed by atoms with Crippen LogP contribution in [0.25, 0.3) is 0 Å². The molecule has 0 aliphatic rings. The molecule has 0 spiro atoms. The molecule has 25 heavy (non-hydrogen) atoms. The normalized spacial score (nSPS) is 10.0. The van der Waals surface area contributed by atoms with E-state index in [0.29, 0.717) is 11.3 Å². The Labute approximate surface area is 153 Å². The van der Waals surface area contributed by atoms with Crippen molar-refractivity contribution in [2.45, 2.75) is 13.8 Å². The minimum absolute atomic E-state index is 0.315. The SMILES string of the molecule is Cc1ccc(NC(=O)NC(=O)COC(=O)c2ccc(Br)cc2)cc1C. The Morgan fingerprint density at radius 3 is 2.32 bits per heavy atom. The first kappa shape index (κ1) is 18.7. The van der Waals surface area contributed by atoms with Gasteiger partial charge in [0.15, 0.2) is 6.61 Å². The molecule has 0 heterocycles. The van der Waals surface area contributed by atoms with Gasteiger partial charge in [0, 0.05) is 10.2 Å². The van der Waals surface area contributed by atoms with Gasteiger partial charge in [-0.05, 0) is 61.4 Å². The predicted molar refractivity (Wildman–Crippen MR) is 97.5 cm³/mol. The van der Waals surface area contributed by atoms with Gasteiger partial charge in [-0.1, -0.05) is 22.0 Å². The molecule has 0 saturated heterocycles. The van der Waals surface area contributed by atoms with E-state index < -0.39 is 24.5 Å². The lowest BCUT2D eigenvalue weighted by atomic mass is 10.1. The molecule has 3 amide bonds. The highest BCUT2D eigenvalue weighted by Crippen LogP contribution is 2.14. The van der Waals surface area contributed by atoms with Crippen LogP contribution in [-0.4, -0.2) is 24.5 Å². The molecule has 0 atom stereocenters. The summed E-state index contributed by atoms with van der Waals surface area (Å²) in [7, 11) is 0. The molecule has 2 rings (SSSR count). The lowest BCUT2D eigenvalue weighted by molar-refractivity contribution is -0.123. The van der Waals surface area contributed by atoms with Crippen LogP contribution >= 0.6 is 15.9 Å². The molecule has 2 aromatic rings. The van der Waals surface area contributed by atoms with Crippen LogP contribution in [0.4, 0.5) is 10.5 Å². The summed E-state index contributed by atoms with van der Waals surface area (Å²) < 4.78 is 5.69. The summed E-state index contributed by atoms with van der Waals surface area (Å²) in [6.07, 6.45) is 0. The third-order valence-corrected chi connectivity index (χ3v) is 3.96. The molecular formula is C18H17BrN2O4. The van der Waals surface area contributed by atoms with E-state index in [-0.39, 0.29) is 0 Å². The number of amides is 3. The maximum absolute atomic E-state index is 11.8. The van der Waals surface area contributed by atoms with Gasteiger partial charge in [-0.2, -0.15) is 0 Å². The standard InChI is InChI=1S/C18H17BrN2O4/c1-11-3-8-15(9-12(11)2)20-18(24)21-16(22)10-25-17(23)13-4-6-14(19)7-5-13/h3-9H,10H2,1-2H3,(H2,20,21,22,24). The summed E-state index contributed by atoms with van der Waals surface area (Å²) in [5.41, 5.74) is 3.00. The molecule has 0 radical (unpaired) electrons. The van der Waals surface area contributed by atoms with E-state index in [4.69, 9.17) is 4.74 Å². The highest BCUT2D eigenvalue weighted by molar-refractivity contribution is 9.10. The summed E-state index contributed by atoms with van der Waals surface area (Å²) in [6.45, 7) is 3.34. The molecule has 2 aromatic carbocycles. The molecule has 0 bridgehead atoms. The Kier molecular flexibility index (Phi) is 6.30. The van der Waals surface area contributed by atoms with E-state index >= 15 is 0 Å². The Morgan fingerprint density at radius 1 is 1.00 bits per heavy atom. The van der Waals surface area contributed by atoms with Crippen LogP contribution < -0.4 is 10.6 Å². The summed E-state index contributed by atoms with van der Waals surface area (Å²) >= 11 is 3.26. The number of aryl methyl sites for hydroxylation is 2. The second-order valence-electron chi connectivity index (χ2n) is 5.38. The van der Waals surface area contributed by atoms with Crippen LogP contribution in [0, 0.1) is 13.8 Å². The van der Waals surface area contributed by atoms with Crippen molar-refractivity contribution >= 4 is 39.5 Å². The van der Waals surface area contributed by atoms with Crippen molar-refractivity contribution in [2.75, 3.05) is 11.9 Å². The molecule has 2 N–H and O–H groups in total. The molecule has 0 aliphatic heterocycles. The molecule has 0 aliphatic carbocycles. The molecule has 6 nitrogen and oxygen atoms in total. The summed E-state index contributed by atoms with van der Waals surface area (Å²) in [5, 5.41) is 4.65. The maximum atomic E-state index is 11.8. The number of hydrogen-bond acceptors (Lipinski definition) is 4. The second kappa shape index (κ2) is 8.43. The van der Waals surface area contributed by atoms with Crippen molar-refractivity contribution in [3.8, 4) is 0 Å². The maximum Gasteiger partial charge on any atom is 0.338 e. The number of benzene rings is 2. The Hall–Kier alpha value is -2.67. The highest BCUT2D eigenvalue weighted by atomic mass is 79.9. The largest absolute Gasteiger partial charge is 0.452 e. The molecule has 7 heteroatoms. The third kappa shape index (κ3) is 5.72. The fourth-order valence-corrected chi connectivity index (χ4v) is 2.21. The van der Waals surface area contributed by atoms with Gasteiger partial charge in [0.25, 0.3) is 5.91 Å². The lowest BCUT2D eigenvalue weighted by Gasteiger charge is -2.09. The number of urea groups is 1. The number of esters is 1. The van der Waals surface area contributed by atoms with E-state index in [1.165, 1.54) is 0 Å². The zero-order valence-electron chi connectivity index (χ0n) is 13.8. The van der Waals surface area contributed by atoms with Crippen molar-refractivity contribution in [2.24, 2.45) is 0 Å². The first-order valence-corrected chi connectivity index (χ1v) is 8.25. The van der Waals surface area contributed by atoms with Gasteiger partial charge >= 0.3 is 12.0 Å². The molecule has 0 fully saturated rings. The van der Waals surface area contributed by atoms with Gasteiger partial charge in [0.2, 0.25) is 0 Å². The van der Waals surface area contributed by atoms with E-state index in [1.807, 2.05) is 19.9 Å². The van der Waals surface area contributed by atoms with Crippen molar-refractivity contribution in [3.63, 3.8) is 0 Å². The number of imide groups is 1. The summed E-state index contributed by atoms with van der Waals surface area (Å²) in [5.74, 6) is -1.36. The predicted octanol–water partition coefficient (Wildman–Crippen LogP) is 3.57. The number of halogens is 1. The smallest absolute Gasteiger partial charge is 0.338 e. The Morgan fingerprint density at radius 2 is 1.68 bits per heavy atom. The Balaban J connectivity index is 1.81. The second-order valence-corrected chi connectivity index (χ2v) is 6.30. The van der Waals surface area contributed by atoms with E-state index in [9.17, 15) is 14.4 Å². The van der Waals surface area contributed by atoms with Crippen molar-refractivity contribution in [1.82, 2.24) is 5.32 Å². The zero-order chi connectivity index (χ0) is 18.4. The van der Waals surface area contributed by atoms with Crippen molar-refractivity contribution in [1.29, 1.82) is 0 Å². The highest BCUT2D eigenvalue weighted by Gasteiger charge is 2.12. The van der Waals surface area contributed by atoms with Gasteiger partial charge in [-0.3, -0.25) is 10.1 Å². The topological polar surface area (TPSA) is 84.5 Å².